The van der Waals surface area contributed by atoms with Crippen LogP contribution in [0.15, 0.2) is 42.5 Å². The molecule has 0 spiro atoms. The first-order valence-corrected chi connectivity index (χ1v) is 12.4. The molecular formula is C27H27F2N3O3S. The van der Waals surface area contributed by atoms with E-state index in [4.69, 9.17) is 20.5 Å². The maximum absolute atomic E-state index is 14.6. The second-order valence-electron chi connectivity index (χ2n) is 8.92. The molecule has 0 radical (unpaired) electrons. The van der Waals surface area contributed by atoms with Crippen LogP contribution < -0.4 is 15.8 Å². The summed E-state index contributed by atoms with van der Waals surface area (Å²) >= 11 is 1.51. The summed E-state index contributed by atoms with van der Waals surface area (Å²) in [7, 11) is 1.41. The molecule has 1 fully saturated rings. The van der Waals surface area contributed by atoms with Gasteiger partial charge in [-0.1, -0.05) is 6.07 Å². The van der Waals surface area contributed by atoms with Crippen LogP contribution in [-0.4, -0.2) is 39.3 Å². The number of nitrogens with zero attached hydrogens (tertiary/aromatic N) is 1. The molecule has 2 atom stereocenters. The van der Waals surface area contributed by atoms with Crippen molar-refractivity contribution >= 4 is 17.7 Å². The van der Waals surface area contributed by atoms with Gasteiger partial charge in [0.2, 0.25) is 6.41 Å². The van der Waals surface area contributed by atoms with E-state index in [9.17, 15) is 13.6 Å². The highest BCUT2D eigenvalue weighted by Gasteiger charge is 2.41. The Kier molecular flexibility index (Phi) is 7.99. The van der Waals surface area contributed by atoms with Crippen LogP contribution in [0.4, 0.5) is 8.78 Å². The lowest BCUT2D eigenvalue weighted by molar-refractivity contribution is -0.109. The van der Waals surface area contributed by atoms with E-state index in [-0.39, 0.29) is 22.8 Å². The van der Waals surface area contributed by atoms with Crippen LogP contribution in [0, 0.1) is 28.4 Å². The van der Waals surface area contributed by atoms with Crippen molar-refractivity contribution < 1.29 is 23.0 Å². The van der Waals surface area contributed by atoms with E-state index < -0.39 is 11.6 Å². The molecule has 1 aliphatic heterocycles. The van der Waals surface area contributed by atoms with Crippen LogP contribution in [0.3, 0.4) is 0 Å². The number of benzene rings is 2. The fourth-order valence-corrected chi connectivity index (χ4v) is 5.81. The quantitative estimate of drug-likeness (QED) is 0.305. The van der Waals surface area contributed by atoms with Crippen LogP contribution in [0.1, 0.15) is 23.3 Å². The van der Waals surface area contributed by atoms with E-state index in [2.05, 4.69) is 5.32 Å². The Balaban J connectivity index is 1.70. The van der Waals surface area contributed by atoms with Crippen LogP contribution in [0.25, 0.3) is 21.6 Å². The van der Waals surface area contributed by atoms with Gasteiger partial charge in [0.25, 0.3) is 0 Å². The molecule has 2 heterocycles. The monoisotopic (exact) mass is 511 g/mol. The number of ether oxygens (including phenoxy) is 2. The van der Waals surface area contributed by atoms with Gasteiger partial charge in [-0.15, -0.1) is 11.3 Å². The number of hydrogen-bond acceptors (Lipinski definition) is 6. The zero-order chi connectivity index (χ0) is 25.7. The number of nitrogens with two attached hydrogens (primary N) is 1. The first-order valence-electron chi connectivity index (χ1n) is 11.6. The molecule has 3 aromatic rings. The summed E-state index contributed by atoms with van der Waals surface area (Å²) in [6, 6.07) is 12.9. The fraction of sp³-hybridized carbons (Fsp3) is 0.333. The standard InChI is InChI=1S/C27H27F2N3O3S/c1-34-24-5-4-18(11-23(24)29)26-21(17-2-3-19(13-30)22(28)10-17)12-20(36-26)6-7-27(8-9-32-16-33)15-35-14-25(27)31/h2-5,10-12,16,25H,6-9,14-15,31H2,1H3,(H,32,33). The molecule has 2 aromatic carbocycles. The smallest absolute Gasteiger partial charge is 0.207 e. The third-order valence-corrected chi connectivity index (χ3v) is 8.03. The van der Waals surface area contributed by atoms with E-state index >= 15 is 0 Å². The van der Waals surface area contributed by atoms with Crippen molar-refractivity contribution in [3.05, 3.63) is 64.5 Å². The molecule has 9 heteroatoms. The maximum Gasteiger partial charge on any atom is 0.207 e. The highest BCUT2D eigenvalue weighted by Crippen LogP contribution is 2.43. The minimum atomic E-state index is -0.606. The summed E-state index contributed by atoms with van der Waals surface area (Å²) in [5.74, 6) is -0.953. The third-order valence-electron chi connectivity index (χ3n) is 6.79. The van der Waals surface area contributed by atoms with Crippen molar-refractivity contribution in [3.63, 3.8) is 0 Å². The van der Waals surface area contributed by atoms with Gasteiger partial charge in [0.1, 0.15) is 11.9 Å². The van der Waals surface area contributed by atoms with E-state index in [1.807, 2.05) is 12.1 Å². The van der Waals surface area contributed by atoms with Gasteiger partial charge in [-0.2, -0.15) is 5.26 Å². The molecule has 1 aliphatic rings. The Bertz CT molecular complexity index is 1290. The number of carbonyl (C=O) groups is 1. The molecule has 6 nitrogen and oxygen atoms in total. The molecule has 2 unspecified atom stereocenters. The average Bonchev–Trinajstić information content (AvgIpc) is 3.47. The summed E-state index contributed by atoms with van der Waals surface area (Å²) in [4.78, 5) is 12.6. The number of aryl methyl sites for hydroxylation is 1. The highest BCUT2D eigenvalue weighted by molar-refractivity contribution is 7.16. The van der Waals surface area contributed by atoms with Crippen molar-refractivity contribution in [2.24, 2.45) is 11.1 Å². The molecule has 1 amide bonds. The molecule has 188 valence electrons. The largest absolute Gasteiger partial charge is 0.494 e. The summed E-state index contributed by atoms with van der Waals surface area (Å²) < 4.78 is 39.8. The lowest BCUT2D eigenvalue weighted by Crippen LogP contribution is -2.42. The van der Waals surface area contributed by atoms with Gasteiger partial charge in [-0.25, -0.2) is 8.78 Å². The zero-order valence-corrected chi connectivity index (χ0v) is 20.7. The van der Waals surface area contributed by atoms with E-state index in [0.717, 1.165) is 21.7 Å². The number of carbonyl (C=O) groups excluding carboxylic acids is 1. The van der Waals surface area contributed by atoms with Gasteiger partial charge in [0.15, 0.2) is 11.6 Å². The number of rotatable bonds is 10. The number of methoxy groups -OCH3 is 1. The SMILES string of the molecule is COc1ccc(-c2sc(CCC3(CCNC=O)COCC3N)cc2-c2ccc(C#N)c(F)c2)cc1F. The molecule has 0 bridgehead atoms. The van der Waals surface area contributed by atoms with Crippen molar-refractivity contribution in [3.8, 4) is 33.4 Å². The Morgan fingerprint density at radius 3 is 2.64 bits per heavy atom. The summed E-state index contributed by atoms with van der Waals surface area (Å²) in [6.07, 6.45) is 2.81. The Morgan fingerprint density at radius 2 is 2.00 bits per heavy atom. The Labute approximate surface area is 212 Å². The van der Waals surface area contributed by atoms with Crippen molar-refractivity contribution in [1.29, 1.82) is 5.26 Å². The minimum Gasteiger partial charge on any atom is -0.494 e. The predicted octanol–water partition coefficient (Wildman–Crippen LogP) is 4.65. The fourth-order valence-electron chi connectivity index (χ4n) is 4.64. The molecule has 1 aromatic heterocycles. The van der Waals surface area contributed by atoms with Gasteiger partial charge in [0, 0.05) is 33.3 Å². The van der Waals surface area contributed by atoms with Crippen molar-refractivity contribution in [1.82, 2.24) is 5.32 Å². The second kappa shape index (κ2) is 11.2. The molecule has 3 N–H and O–H groups in total. The van der Waals surface area contributed by atoms with Gasteiger partial charge < -0.3 is 20.5 Å². The van der Waals surface area contributed by atoms with Gasteiger partial charge in [0.05, 0.1) is 25.9 Å². The van der Waals surface area contributed by atoms with E-state index in [1.54, 1.807) is 18.2 Å². The van der Waals surface area contributed by atoms with Crippen LogP contribution in [-0.2, 0) is 16.0 Å². The van der Waals surface area contributed by atoms with Crippen molar-refractivity contribution in [2.45, 2.75) is 25.3 Å². The molecular weight excluding hydrogens is 484 g/mol. The minimum absolute atomic E-state index is 0.0349. The van der Waals surface area contributed by atoms with Gasteiger partial charge in [-0.05, 0) is 66.8 Å². The topological polar surface area (TPSA) is 97.4 Å². The highest BCUT2D eigenvalue weighted by atomic mass is 32.1. The van der Waals surface area contributed by atoms with E-state index in [0.29, 0.717) is 50.1 Å². The van der Waals surface area contributed by atoms with E-state index in [1.165, 1.54) is 36.6 Å². The number of halogens is 2. The second-order valence-corrected chi connectivity index (χ2v) is 10.1. The Morgan fingerprint density at radius 1 is 1.22 bits per heavy atom. The molecule has 0 saturated carbocycles. The first-order chi connectivity index (χ1) is 17.4. The number of nitrogens with one attached hydrogen (secondary N) is 1. The first kappa shape index (κ1) is 25.8. The predicted molar refractivity (Wildman–Crippen MR) is 135 cm³/mol. The third kappa shape index (κ3) is 5.26. The molecule has 4 rings (SSSR count). The number of amides is 1. The number of hydrogen-bond donors (Lipinski definition) is 2. The van der Waals surface area contributed by atoms with Gasteiger partial charge in [-0.3, -0.25) is 4.79 Å². The molecule has 1 saturated heterocycles. The maximum atomic E-state index is 14.6. The summed E-state index contributed by atoms with van der Waals surface area (Å²) in [6.45, 7) is 1.50. The van der Waals surface area contributed by atoms with Crippen LogP contribution >= 0.6 is 11.3 Å². The zero-order valence-electron chi connectivity index (χ0n) is 19.9. The lowest BCUT2D eigenvalue weighted by atomic mass is 9.76. The van der Waals surface area contributed by atoms with Gasteiger partial charge >= 0.3 is 0 Å². The lowest BCUT2D eigenvalue weighted by Gasteiger charge is -2.31. The Hall–Kier alpha value is -3.32. The average molecular weight is 512 g/mol. The molecule has 0 aliphatic carbocycles. The number of thiophene rings is 1. The molecule has 36 heavy (non-hydrogen) atoms. The van der Waals surface area contributed by atoms with Crippen LogP contribution in [0.5, 0.6) is 5.75 Å². The summed E-state index contributed by atoms with van der Waals surface area (Å²) in [5.41, 5.74) is 8.11. The normalized spacial score (nSPS) is 19.1. The van der Waals surface area contributed by atoms with Crippen LogP contribution in [0.2, 0.25) is 0 Å². The van der Waals surface area contributed by atoms with Crippen molar-refractivity contribution in [2.75, 3.05) is 26.9 Å². The number of nitriles is 1. The summed E-state index contributed by atoms with van der Waals surface area (Å²) in [5, 5.41) is 11.8.